The molecular weight excluding hydrogens is 120 g/mol. The van der Waals surface area contributed by atoms with Crippen molar-refractivity contribution in [2.24, 2.45) is 0 Å². The molecule has 1 aromatic heterocycles. The molecule has 8 heavy (non-hydrogen) atoms. The van der Waals surface area contributed by atoms with Crippen LogP contribution in [0.25, 0.3) is 0 Å². The lowest BCUT2D eigenvalue weighted by Crippen LogP contribution is -1.85. The van der Waals surface area contributed by atoms with E-state index >= 15 is 0 Å². The minimum atomic E-state index is -0.360. The molecule has 1 N–H and O–H groups in total. The van der Waals surface area contributed by atoms with Crippen molar-refractivity contribution >= 4 is 11.3 Å². The Kier molecular flexibility index (Phi) is 1.65. The van der Waals surface area contributed by atoms with Crippen LogP contribution < -0.4 is 0 Å². The zero-order valence-corrected chi connectivity index (χ0v) is 5.40. The first-order chi connectivity index (χ1) is 3.80. The lowest BCUT2D eigenvalue weighted by Gasteiger charge is -1.95. The van der Waals surface area contributed by atoms with Crippen LogP contribution in [0.3, 0.4) is 0 Å². The van der Waals surface area contributed by atoms with E-state index in [4.69, 9.17) is 5.11 Å². The molecule has 2 heteroatoms. The molecule has 0 bridgehead atoms. The van der Waals surface area contributed by atoms with E-state index in [0.29, 0.717) is 0 Å². The van der Waals surface area contributed by atoms with E-state index in [1.165, 1.54) is 11.3 Å². The average molecular weight is 127 g/mol. The fraction of sp³-hybridized carbons (Fsp3) is 0.333. The van der Waals surface area contributed by atoms with Crippen LogP contribution in [0, 0.1) is 5.38 Å². The third-order valence-corrected chi connectivity index (χ3v) is 1.57. The summed E-state index contributed by atoms with van der Waals surface area (Å²) in [4.78, 5) is 0. The van der Waals surface area contributed by atoms with E-state index in [0.717, 1.165) is 5.56 Å². The topological polar surface area (TPSA) is 20.2 Å². The first kappa shape index (κ1) is 5.79. The maximum absolute atomic E-state index is 8.89. The Morgan fingerprint density at radius 1 is 1.88 bits per heavy atom. The molecule has 1 rings (SSSR count). The number of hydrogen-bond donors (Lipinski definition) is 1. The highest BCUT2D eigenvalue weighted by Crippen LogP contribution is 2.13. The second-order valence-corrected chi connectivity index (χ2v) is 2.37. The summed E-state index contributed by atoms with van der Waals surface area (Å²) in [7, 11) is 0. The third-order valence-electron chi connectivity index (χ3n) is 0.943. The van der Waals surface area contributed by atoms with Crippen molar-refractivity contribution in [1.82, 2.24) is 0 Å². The van der Waals surface area contributed by atoms with Gasteiger partial charge in [-0.1, -0.05) is 0 Å². The van der Waals surface area contributed by atoms with Crippen molar-refractivity contribution in [1.29, 1.82) is 0 Å². The van der Waals surface area contributed by atoms with Crippen LogP contribution in [0.5, 0.6) is 0 Å². The highest BCUT2D eigenvalue weighted by molar-refractivity contribution is 7.07. The van der Waals surface area contributed by atoms with Gasteiger partial charge in [0.15, 0.2) is 0 Å². The normalized spacial score (nSPS) is 13.8. The van der Waals surface area contributed by atoms with Crippen LogP contribution in [0.4, 0.5) is 0 Å². The molecule has 0 amide bonds. The predicted molar refractivity (Wildman–Crippen MR) is 33.8 cm³/mol. The van der Waals surface area contributed by atoms with E-state index in [9.17, 15) is 0 Å². The van der Waals surface area contributed by atoms with Crippen molar-refractivity contribution in [3.63, 3.8) is 0 Å². The third kappa shape index (κ3) is 1.08. The van der Waals surface area contributed by atoms with Gasteiger partial charge in [-0.2, -0.15) is 0 Å². The summed E-state index contributed by atoms with van der Waals surface area (Å²) in [6, 6.07) is 1.87. The van der Waals surface area contributed by atoms with Gasteiger partial charge in [-0.05, 0) is 23.9 Å². The SMILES string of the molecule is CC(O)c1[c]scc1. The summed E-state index contributed by atoms with van der Waals surface area (Å²) in [6.07, 6.45) is -0.360. The van der Waals surface area contributed by atoms with E-state index in [1.807, 2.05) is 11.4 Å². The summed E-state index contributed by atoms with van der Waals surface area (Å²) in [5.41, 5.74) is 0.884. The van der Waals surface area contributed by atoms with Gasteiger partial charge in [0.05, 0.1) is 11.5 Å². The Labute approximate surface area is 52.6 Å². The molecule has 1 heterocycles. The van der Waals surface area contributed by atoms with Gasteiger partial charge in [-0.25, -0.2) is 0 Å². The molecule has 0 aliphatic carbocycles. The summed E-state index contributed by atoms with van der Waals surface area (Å²) in [5, 5.41) is 13.7. The minimum Gasteiger partial charge on any atom is -0.389 e. The Balaban J connectivity index is 2.77. The van der Waals surface area contributed by atoms with Gasteiger partial charge >= 0.3 is 0 Å². The summed E-state index contributed by atoms with van der Waals surface area (Å²) < 4.78 is 0. The summed E-state index contributed by atoms with van der Waals surface area (Å²) >= 11 is 1.48. The zero-order valence-electron chi connectivity index (χ0n) is 4.59. The molecule has 1 nitrogen and oxygen atoms in total. The van der Waals surface area contributed by atoms with Crippen molar-refractivity contribution in [2.45, 2.75) is 13.0 Å². The fourth-order valence-electron chi connectivity index (χ4n) is 0.468. The van der Waals surface area contributed by atoms with Crippen LogP contribution in [-0.2, 0) is 0 Å². The minimum absolute atomic E-state index is 0.360. The molecule has 0 saturated heterocycles. The fourth-order valence-corrected chi connectivity index (χ4v) is 1.13. The monoisotopic (exact) mass is 127 g/mol. The largest absolute Gasteiger partial charge is 0.389 e. The standard InChI is InChI=1S/C6H7OS/c1-5(7)6-2-3-8-4-6/h2-3,5,7H,1H3. The van der Waals surface area contributed by atoms with Crippen molar-refractivity contribution in [3.05, 3.63) is 22.4 Å². The number of hydrogen-bond acceptors (Lipinski definition) is 2. The van der Waals surface area contributed by atoms with Crippen LogP contribution in [-0.4, -0.2) is 5.11 Å². The molecule has 1 unspecified atom stereocenters. The van der Waals surface area contributed by atoms with Gasteiger partial charge in [-0.15, -0.1) is 11.3 Å². The second kappa shape index (κ2) is 2.29. The molecule has 0 spiro atoms. The molecule has 0 saturated carbocycles. The van der Waals surface area contributed by atoms with E-state index in [2.05, 4.69) is 5.38 Å². The van der Waals surface area contributed by atoms with Gasteiger partial charge in [0.1, 0.15) is 0 Å². The Hall–Kier alpha value is -0.340. The van der Waals surface area contributed by atoms with Gasteiger partial charge in [0, 0.05) is 0 Å². The quantitative estimate of drug-likeness (QED) is 0.607. The maximum atomic E-state index is 8.89. The molecule has 0 fully saturated rings. The number of rotatable bonds is 1. The lowest BCUT2D eigenvalue weighted by atomic mass is 10.2. The van der Waals surface area contributed by atoms with Crippen LogP contribution in [0.1, 0.15) is 18.6 Å². The van der Waals surface area contributed by atoms with Gasteiger partial charge in [-0.3, -0.25) is 0 Å². The Morgan fingerprint density at radius 2 is 2.62 bits per heavy atom. The number of thiophene rings is 1. The smallest absolute Gasteiger partial charge is 0.0776 e. The van der Waals surface area contributed by atoms with Crippen LogP contribution >= 0.6 is 11.3 Å². The molecule has 0 aliphatic heterocycles. The molecule has 43 valence electrons. The van der Waals surface area contributed by atoms with Gasteiger partial charge in [0.25, 0.3) is 0 Å². The maximum Gasteiger partial charge on any atom is 0.0776 e. The molecule has 1 atom stereocenters. The van der Waals surface area contributed by atoms with Crippen LogP contribution in [0.2, 0.25) is 0 Å². The molecular formula is C6H7OS. The Morgan fingerprint density at radius 3 is 2.88 bits per heavy atom. The zero-order chi connectivity index (χ0) is 5.98. The van der Waals surface area contributed by atoms with Gasteiger partial charge in [0.2, 0.25) is 0 Å². The molecule has 1 aromatic rings. The van der Waals surface area contributed by atoms with Crippen molar-refractivity contribution in [3.8, 4) is 0 Å². The first-order valence-corrected chi connectivity index (χ1v) is 3.32. The molecule has 0 aromatic carbocycles. The van der Waals surface area contributed by atoms with E-state index < -0.39 is 0 Å². The lowest BCUT2D eigenvalue weighted by molar-refractivity contribution is 0.199. The highest BCUT2D eigenvalue weighted by atomic mass is 32.1. The average Bonchev–Trinajstić information content (AvgIpc) is 2.12. The first-order valence-electron chi connectivity index (χ1n) is 2.44. The van der Waals surface area contributed by atoms with E-state index in [1.54, 1.807) is 6.92 Å². The highest BCUT2D eigenvalue weighted by Gasteiger charge is 1.97. The molecule has 1 radical (unpaired) electrons. The van der Waals surface area contributed by atoms with E-state index in [-0.39, 0.29) is 6.10 Å². The van der Waals surface area contributed by atoms with Gasteiger partial charge < -0.3 is 5.11 Å². The summed E-state index contributed by atoms with van der Waals surface area (Å²) in [5.74, 6) is 0. The van der Waals surface area contributed by atoms with Crippen molar-refractivity contribution < 1.29 is 5.11 Å². The predicted octanol–water partition coefficient (Wildman–Crippen LogP) is 1.60. The summed E-state index contributed by atoms with van der Waals surface area (Å²) in [6.45, 7) is 1.73. The molecule has 0 aliphatic rings. The van der Waals surface area contributed by atoms with Crippen molar-refractivity contribution in [2.75, 3.05) is 0 Å². The number of aliphatic hydroxyl groups is 1. The second-order valence-electron chi connectivity index (χ2n) is 1.65. The van der Waals surface area contributed by atoms with Crippen LogP contribution in [0.15, 0.2) is 11.4 Å². The Bertz CT molecular complexity index is 144. The number of aliphatic hydroxyl groups excluding tert-OH is 1.